The Labute approximate surface area is 83.7 Å². The molecule has 12 heavy (non-hydrogen) atoms. The Balaban J connectivity index is 2.13. The van der Waals surface area contributed by atoms with Crippen LogP contribution in [0.25, 0.3) is 0 Å². The molecule has 0 aromatic heterocycles. The highest BCUT2D eigenvalue weighted by molar-refractivity contribution is 9.11. The topological polar surface area (TPSA) is 12.0 Å². The molecule has 0 unspecified atom stereocenters. The van der Waals surface area contributed by atoms with Crippen molar-refractivity contribution in [3.8, 4) is 0 Å². The summed E-state index contributed by atoms with van der Waals surface area (Å²) in [6, 6.07) is 0.732. The summed E-state index contributed by atoms with van der Waals surface area (Å²) in [6.07, 6.45) is 5.43. The van der Waals surface area contributed by atoms with Gasteiger partial charge in [0.2, 0.25) is 0 Å². The van der Waals surface area contributed by atoms with Crippen LogP contribution in [-0.2, 0) is 0 Å². The second-order valence-corrected chi connectivity index (χ2v) is 4.98. The maximum Gasteiger partial charge on any atom is 0.0268 e. The number of hydrogen-bond acceptors (Lipinski definition) is 1. The molecule has 1 aliphatic carbocycles. The SMILES string of the molecule is C=C(Br)CNC1CCC(C)CC1. The number of nitrogens with one attached hydrogen (secondary N) is 1. The van der Waals surface area contributed by atoms with Gasteiger partial charge in [-0.25, -0.2) is 0 Å². The van der Waals surface area contributed by atoms with Crippen LogP contribution in [0.5, 0.6) is 0 Å². The molecule has 0 radical (unpaired) electrons. The summed E-state index contributed by atoms with van der Waals surface area (Å²) < 4.78 is 1.06. The van der Waals surface area contributed by atoms with Gasteiger partial charge in [-0.05, 0) is 31.6 Å². The van der Waals surface area contributed by atoms with Gasteiger partial charge in [0.25, 0.3) is 0 Å². The minimum absolute atomic E-state index is 0.732. The first kappa shape index (κ1) is 10.3. The molecule has 1 fully saturated rings. The van der Waals surface area contributed by atoms with E-state index >= 15 is 0 Å². The van der Waals surface area contributed by atoms with E-state index in [4.69, 9.17) is 0 Å². The van der Waals surface area contributed by atoms with Crippen molar-refractivity contribution < 1.29 is 0 Å². The number of rotatable bonds is 3. The Hall–Kier alpha value is 0.180. The van der Waals surface area contributed by atoms with Gasteiger partial charge in [0.15, 0.2) is 0 Å². The highest BCUT2D eigenvalue weighted by atomic mass is 79.9. The molecule has 0 saturated heterocycles. The first-order chi connectivity index (χ1) is 5.68. The molecule has 0 aromatic rings. The molecule has 0 aliphatic heterocycles. The summed E-state index contributed by atoms with van der Waals surface area (Å²) >= 11 is 3.36. The van der Waals surface area contributed by atoms with Crippen molar-refractivity contribution in [2.75, 3.05) is 6.54 Å². The summed E-state index contributed by atoms with van der Waals surface area (Å²) in [5.74, 6) is 0.940. The Kier molecular flexibility index (Phi) is 4.30. The van der Waals surface area contributed by atoms with E-state index in [0.29, 0.717) is 0 Å². The second-order valence-electron chi connectivity index (χ2n) is 3.85. The zero-order chi connectivity index (χ0) is 8.97. The average Bonchev–Trinajstić information content (AvgIpc) is 2.03. The van der Waals surface area contributed by atoms with Gasteiger partial charge in [-0.1, -0.05) is 29.4 Å². The highest BCUT2D eigenvalue weighted by Crippen LogP contribution is 2.23. The lowest BCUT2D eigenvalue weighted by molar-refractivity contribution is 0.314. The first-order valence-electron chi connectivity index (χ1n) is 4.75. The van der Waals surface area contributed by atoms with Gasteiger partial charge in [0, 0.05) is 17.1 Å². The normalized spacial score (nSPS) is 30.2. The summed E-state index contributed by atoms with van der Waals surface area (Å²) in [5, 5.41) is 3.50. The molecule has 1 aliphatic rings. The molecule has 1 rings (SSSR count). The lowest BCUT2D eigenvalue weighted by Crippen LogP contribution is -2.33. The molecule has 0 heterocycles. The van der Waals surface area contributed by atoms with E-state index in [-0.39, 0.29) is 0 Å². The van der Waals surface area contributed by atoms with Gasteiger partial charge in [-0.15, -0.1) is 0 Å². The van der Waals surface area contributed by atoms with Crippen molar-refractivity contribution in [3.05, 3.63) is 11.1 Å². The van der Waals surface area contributed by atoms with Gasteiger partial charge in [-0.3, -0.25) is 0 Å². The standard InChI is InChI=1S/C10H18BrN/c1-8-3-5-10(6-4-8)12-7-9(2)11/h8,10,12H,2-7H2,1H3. The van der Waals surface area contributed by atoms with Crippen LogP contribution in [0.1, 0.15) is 32.6 Å². The minimum atomic E-state index is 0.732. The van der Waals surface area contributed by atoms with Gasteiger partial charge in [0.05, 0.1) is 0 Å². The largest absolute Gasteiger partial charge is 0.309 e. The molecule has 0 atom stereocenters. The van der Waals surface area contributed by atoms with Crippen LogP contribution in [0.2, 0.25) is 0 Å². The third kappa shape index (κ3) is 3.72. The van der Waals surface area contributed by atoms with Crippen LogP contribution in [-0.4, -0.2) is 12.6 Å². The fourth-order valence-electron chi connectivity index (χ4n) is 1.72. The highest BCUT2D eigenvalue weighted by Gasteiger charge is 2.16. The number of halogens is 1. The summed E-state index contributed by atoms with van der Waals surface area (Å²) in [6.45, 7) is 7.07. The van der Waals surface area contributed by atoms with E-state index in [1.165, 1.54) is 25.7 Å². The summed E-state index contributed by atoms with van der Waals surface area (Å²) in [5.41, 5.74) is 0. The Morgan fingerprint density at radius 3 is 2.50 bits per heavy atom. The van der Waals surface area contributed by atoms with Crippen LogP contribution in [0.4, 0.5) is 0 Å². The van der Waals surface area contributed by atoms with Crippen LogP contribution >= 0.6 is 15.9 Å². The summed E-state index contributed by atoms with van der Waals surface area (Å²) in [4.78, 5) is 0. The molecule has 0 bridgehead atoms. The van der Waals surface area contributed by atoms with Crippen molar-refractivity contribution in [1.82, 2.24) is 5.32 Å². The molecule has 2 heteroatoms. The fraction of sp³-hybridized carbons (Fsp3) is 0.800. The summed E-state index contributed by atoms with van der Waals surface area (Å²) in [7, 11) is 0. The van der Waals surface area contributed by atoms with Crippen LogP contribution in [0, 0.1) is 5.92 Å². The third-order valence-corrected chi connectivity index (χ3v) is 2.88. The average molecular weight is 232 g/mol. The van der Waals surface area contributed by atoms with Gasteiger partial charge in [0.1, 0.15) is 0 Å². The molecule has 1 N–H and O–H groups in total. The van der Waals surface area contributed by atoms with E-state index in [1.54, 1.807) is 0 Å². The maximum atomic E-state index is 3.81. The Bertz CT molecular complexity index is 148. The zero-order valence-electron chi connectivity index (χ0n) is 7.78. The van der Waals surface area contributed by atoms with Crippen molar-refractivity contribution in [2.24, 2.45) is 5.92 Å². The molecule has 70 valence electrons. The minimum Gasteiger partial charge on any atom is -0.309 e. The Morgan fingerprint density at radius 2 is 2.00 bits per heavy atom. The molecular weight excluding hydrogens is 214 g/mol. The molecule has 1 nitrogen and oxygen atoms in total. The zero-order valence-corrected chi connectivity index (χ0v) is 9.36. The second kappa shape index (κ2) is 5.03. The van der Waals surface area contributed by atoms with Crippen LogP contribution < -0.4 is 5.32 Å². The van der Waals surface area contributed by atoms with E-state index in [1.807, 2.05) is 0 Å². The van der Waals surface area contributed by atoms with Crippen molar-refractivity contribution in [1.29, 1.82) is 0 Å². The van der Waals surface area contributed by atoms with Crippen molar-refractivity contribution in [3.63, 3.8) is 0 Å². The van der Waals surface area contributed by atoms with Crippen LogP contribution in [0.15, 0.2) is 11.1 Å². The van der Waals surface area contributed by atoms with Crippen molar-refractivity contribution in [2.45, 2.75) is 38.6 Å². The first-order valence-corrected chi connectivity index (χ1v) is 5.54. The molecule has 0 aromatic carbocycles. The van der Waals surface area contributed by atoms with E-state index in [0.717, 1.165) is 23.0 Å². The van der Waals surface area contributed by atoms with E-state index in [2.05, 4.69) is 34.7 Å². The van der Waals surface area contributed by atoms with Gasteiger partial charge in [-0.2, -0.15) is 0 Å². The van der Waals surface area contributed by atoms with Gasteiger partial charge >= 0.3 is 0 Å². The maximum absolute atomic E-state index is 3.81. The lowest BCUT2D eigenvalue weighted by Gasteiger charge is -2.26. The molecule has 0 amide bonds. The quantitative estimate of drug-likeness (QED) is 0.788. The predicted molar refractivity (Wildman–Crippen MR) is 57.5 cm³/mol. The van der Waals surface area contributed by atoms with Gasteiger partial charge < -0.3 is 5.32 Å². The Morgan fingerprint density at radius 1 is 1.42 bits per heavy atom. The smallest absolute Gasteiger partial charge is 0.0268 e. The van der Waals surface area contributed by atoms with E-state index in [9.17, 15) is 0 Å². The predicted octanol–water partition coefficient (Wildman–Crippen LogP) is 3.06. The van der Waals surface area contributed by atoms with Crippen LogP contribution in [0.3, 0.4) is 0 Å². The molecular formula is C10H18BrN. The third-order valence-electron chi connectivity index (χ3n) is 2.60. The van der Waals surface area contributed by atoms with Crippen molar-refractivity contribution >= 4 is 15.9 Å². The lowest BCUT2D eigenvalue weighted by atomic mass is 9.87. The van der Waals surface area contributed by atoms with E-state index < -0.39 is 0 Å². The molecule has 1 saturated carbocycles. The molecule has 0 spiro atoms. The fourth-order valence-corrected chi connectivity index (χ4v) is 1.88. The monoisotopic (exact) mass is 231 g/mol. The number of hydrogen-bond donors (Lipinski definition) is 1.